The van der Waals surface area contributed by atoms with Gasteiger partial charge in [0, 0.05) is 6.54 Å². The van der Waals surface area contributed by atoms with E-state index in [1.54, 1.807) is 31.4 Å². The van der Waals surface area contributed by atoms with Crippen LogP contribution in [0, 0.1) is 11.8 Å². The Bertz CT molecular complexity index is 526. The first-order valence-electron chi connectivity index (χ1n) is 7.59. The van der Waals surface area contributed by atoms with Gasteiger partial charge in [0.05, 0.1) is 4.88 Å². The van der Waals surface area contributed by atoms with Crippen molar-refractivity contribution in [3.05, 3.63) is 22.4 Å². The number of esters is 1. The molecule has 0 aliphatic rings. The summed E-state index contributed by atoms with van der Waals surface area (Å²) in [5, 5.41) is 7.11. The molecule has 0 unspecified atom stereocenters. The zero-order chi connectivity index (χ0) is 17.4. The van der Waals surface area contributed by atoms with E-state index < -0.39 is 12.0 Å². The van der Waals surface area contributed by atoms with Gasteiger partial charge < -0.3 is 15.4 Å². The largest absolute Gasteiger partial charge is 0.454 e. The van der Waals surface area contributed by atoms with Crippen LogP contribution in [0.1, 0.15) is 37.4 Å². The van der Waals surface area contributed by atoms with Crippen molar-refractivity contribution < 1.29 is 19.1 Å². The topological polar surface area (TPSA) is 84.5 Å². The maximum atomic E-state index is 12.1. The Morgan fingerprint density at radius 1 is 1.22 bits per heavy atom. The van der Waals surface area contributed by atoms with Gasteiger partial charge in [0.2, 0.25) is 0 Å². The Balaban J connectivity index is 2.51. The molecule has 0 saturated heterocycles. The molecule has 0 aliphatic carbocycles. The lowest BCUT2D eigenvalue weighted by molar-refractivity contribution is -0.151. The molecule has 1 aromatic heterocycles. The molecular formula is C16H24N2O4S. The summed E-state index contributed by atoms with van der Waals surface area (Å²) >= 11 is 1.30. The lowest BCUT2D eigenvalue weighted by atomic mass is 10.0. The smallest absolute Gasteiger partial charge is 0.329 e. The summed E-state index contributed by atoms with van der Waals surface area (Å²) in [5.74, 6) is -1.10. The molecular weight excluding hydrogens is 316 g/mol. The summed E-state index contributed by atoms with van der Waals surface area (Å²) in [7, 11) is 0. The number of carbonyl (C=O) groups excluding carboxylic acids is 3. The van der Waals surface area contributed by atoms with Crippen LogP contribution in [0.3, 0.4) is 0 Å². The van der Waals surface area contributed by atoms with Crippen LogP contribution in [0.2, 0.25) is 0 Å². The van der Waals surface area contributed by atoms with Crippen molar-refractivity contribution >= 4 is 29.1 Å². The number of hydrogen-bond acceptors (Lipinski definition) is 5. The van der Waals surface area contributed by atoms with E-state index in [0.717, 1.165) is 0 Å². The molecule has 2 N–H and O–H groups in total. The fourth-order valence-electron chi connectivity index (χ4n) is 1.71. The molecule has 23 heavy (non-hydrogen) atoms. The van der Waals surface area contributed by atoms with Gasteiger partial charge in [-0.15, -0.1) is 11.3 Å². The van der Waals surface area contributed by atoms with Crippen molar-refractivity contribution in [2.24, 2.45) is 11.8 Å². The summed E-state index contributed by atoms with van der Waals surface area (Å²) < 4.78 is 5.02. The predicted octanol–water partition coefficient (Wildman–Crippen LogP) is 1.82. The van der Waals surface area contributed by atoms with Crippen molar-refractivity contribution in [1.29, 1.82) is 0 Å². The van der Waals surface area contributed by atoms with Crippen LogP contribution in [0.25, 0.3) is 0 Å². The van der Waals surface area contributed by atoms with Crippen LogP contribution in [0.4, 0.5) is 0 Å². The zero-order valence-electron chi connectivity index (χ0n) is 13.9. The van der Waals surface area contributed by atoms with Crippen LogP contribution in [0.15, 0.2) is 17.5 Å². The molecule has 1 aromatic rings. The molecule has 2 amide bonds. The molecule has 1 heterocycles. The van der Waals surface area contributed by atoms with Crippen LogP contribution >= 0.6 is 11.3 Å². The summed E-state index contributed by atoms with van der Waals surface area (Å²) in [6.07, 6.45) is 0. The standard InChI is InChI=1S/C16H24N2O4S/c1-10(2)8-17-13(19)9-22-16(21)14(11(3)4)18-15(20)12-6-5-7-23-12/h5-7,10-11,14H,8-9H2,1-4H3,(H,17,19)(H,18,20)/t14-/m1/s1. The molecule has 0 fully saturated rings. The first-order chi connectivity index (χ1) is 10.8. The van der Waals surface area contributed by atoms with Gasteiger partial charge in [-0.25, -0.2) is 4.79 Å². The van der Waals surface area contributed by atoms with Crippen molar-refractivity contribution in [2.75, 3.05) is 13.2 Å². The van der Waals surface area contributed by atoms with Crippen molar-refractivity contribution in [1.82, 2.24) is 10.6 Å². The first-order valence-corrected chi connectivity index (χ1v) is 8.47. The van der Waals surface area contributed by atoms with Gasteiger partial charge in [-0.1, -0.05) is 33.8 Å². The lowest BCUT2D eigenvalue weighted by Gasteiger charge is -2.20. The van der Waals surface area contributed by atoms with Crippen molar-refractivity contribution in [2.45, 2.75) is 33.7 Å². The van der Waals surface area contributed by atoms with E-state index in [1.165, 1.54) is 11.3 Å². The van der Waals surface area contributed by atoms with Gasteiger partial charge in [0.15, 0.2) is 6.61 Å². The second-order valence-electron chi connectivity index (χ2n) is 5.98. The molecule has 1 atom stereocenters. The third-order valence-electron chi connectivity index (χ3n) is 3.01. The number of ether oxygens (including phenoxy) is 1. The lowest BCUT2D eigenvalue weighted by Crippen LogP contribution is -2.46. The van der Waals surface area contributed by atoms with E-state index in [4.69, 9.17) is 4.74 Å². The SMILES string of the molecule is CC(C)CNC(=O)COC(=O)[C@H](NC(=O)c1cccs1)C(C)C. The Morgan fingerprint density at radius 2 is 1.91 bits per heavy atom. The third-order valence-corrected chi connectivity index (χ3v) is 3.87. The highest BCUT2D eigenvalue weighted by Crippen LogP contribution is 2.11. The Morgan fingerprint density at radius 3 is 2.43 bits per heavy atom. The van der Waals surface area contributed by atoms with Gasteiger partial charge in [-0.05, 0) is 23.3 Å². The van der Waals surface area contributed by atoms with Gasteiger partial charge in [-0.3, -0.25) is 9.59 Å². The average molecular weight is 340 g/mol. The Labute approximate surface area is 140 Å². The zero-order valence-corrected chi connectivity index (χ0v) is 14.7. The van der Waals surface area contributed by atoms with Gasteiger partial charge in [-0.2, -0.15) is 0 Å². The highest BCUT2D eigenvalue weighted by atomic mass is 32.1. The Kier molecular flexibility index (Phi) is 7.74. The quantitative estimate of drug-likeness (QED) is 0.707. The molecule has 1 rings (SSSR count). The maximum Gasteiger partial charge on any atom is 0.329 e. The summed E-state index contributed by atoms with van der Waals surface area (Å²) in [4.78, 5) is 36.3. The number of amides is 2. The van der Waals surface area contributed by atoms with Crippen LogP contribution in [-0.2, 0) is 14.3 Å². The molecule has 7 heteroatoms. The predicted molar refractivity (Wildman–Crippen MR) is 89.2 cm³/mol. The molecule has 0 aromatic carbocycles. The normalized spacial score (nSPS) is 12.1. The third kappa shape index (κ3) is 6.81. The number of nitrogens with one attached hydrogen (secondary N) is 2. The van der Waals surface area contributed by atoms with Crippen LogP contribution in [0.5, 0.6) is 0 Å². The van der Waals surface area contributed by atoms with Crippen LogP contribution < -0.4 is 10.6 Å². The number of hydrogen-bond donors (Lipinski definition) is 2. The minimum atomic E-state index is -0.789. The summed E-state index contributed by atoms with van der Waals surface area (Å²) in [5.41, 5.74) is 0. The highest BCUT2D eigenvalue weighted by molar-refractivity contribution is 7.12. The molecule has 0 saturated carbocycles. The average Bonchev–Trinajstić information content (AvgIpc) is 3.01. The molecule has 0 spiro atoms. The summed E-state index contributed by atoms with van der Waals surface area (Å²) in [6, 6.07) is 2.66. The van der Waals surface area contributed by atoms with Crippen molar-refractivity contribution in [3.63, 3.8) is 0 Å². The number of thiophene rings is 1. The maximum absolute atomic E-state index is 12.1. The minimum Gasteiger partial charge on any atom is -0.454 e. The van der Waals surface area contributed by atoms with E-state index in [1.807, 2.05) is 13.8 Å². The Hall–Kier alpha value is -1.89. The molecule has 0 radical (unpaired) electrons. The van der Waals surface area contributed by atoms with Gasteiger partial charge in [0.25, 0.3) is 11.8 Å². The van der Waals surface area contributed by atoms with Gasteiger partial charge in [0.1, 0.15) is 6.04 Å². The second-order valence-corrected chi connectivity index (χ2v) is 6.93. The monoisotopic (exact) mass is 340 g/mol. The first kappa shape index (κ1) is 19.2. The van der Waals surface area contributed by atoms with Gasteiger partial charge >= 0.3 is 5.97 Å². The fourth-order valence-corrected chi connectivity index (χ4v) is 2.34. The van der Waals surface area contributed by atoms with Crippen LogP contribution in [-0.4, -0.2) is 37.0 Å². The second kappa shape index (κ2) is 9.29. The van der Waals surface area contributed by atoms with E-state index >= 15 is 0 Å². The highest BCUT2D eigenvalue weighted by Gasteiger charge is 2.27. The minimum absolute atomic E-state index is 0.148. The molecule has 6 nitrogen and oxygen atoms in total. The van der Waals surface area contributed by atoms with E-state index in [0.29, 0.717) is 17.3 Å². The van der Waals surface area contributed by atoms with Crippen molar-refractivity contribution in [3.8, 4) is 0 Å². The van der Waals surface area contributed by atoms with E-state index in [9.17, 15) is 14.4 Å². The molecule has 128 valence electrons. The molecule has 0 aliphatic heterocycles. The van der Waals surface area contributed by atoms with E-state index in [2.05, 4.69) is 10.6 Å². The number of rotatable bonds is 8. The molecule has 0 bridgehead atoms. The number of carbonyl (C=O) groups is 3. The summed E-state index contributed by atoms with van der Waals surface area (Å²) in [6.45, 7) is 7.74. The van der Waals surface area contributed by atoms with E-state index in [-0.39, 0.29) is 24.3 Å². The fraction of sp³-hybridized carbons (Fsp3) is 0.562.